The fourth-order valence-electron chi connectivity index (χ4n) is 1.86. The van der Waals surface area contributed by atoms with Crippen LogP contribution in [0, 0.1) is 10.1 Å². The predicted octanol–water partition coefficient (Wildman–Crippen LogP) is 2.03. The molecule has 0 atom stereocenters. The van der Waals surface area contributed by atoms with Gasteiger partial charge in [-0.1, -0.05) is 11.6 Å². The SMILES string of the molecule is CC(C)N(CCCO)S(=O)(=O)c1ccc(Cl)cc1[N+](=O)[O-]. The largest absolute Gasteiger partial charge is 0.396 e. The zero-order chi connectivity index (χ0) is 16.2. The van der Waals surface area contributed by atoms with E-state index in [0.717, 1.165) is 16.4 Å². The van der Waals surface area contributed by atoms with Gasteiger partial charge in [0, 0.05) is 30.3 Å². The van der Waals surface area contributed by atoms with Gasteiger partial charge in [-0.05, 0) is 32.4 Å². The molecule has 0 aliphatic rings. The van der Waals surface area contributed by atoms with Crippen LogP contribution in [-0.4, -0.2) is 41.9 Å². The van der Waals surface area contributed by atoms with E-state index in [-0.39, 0.29) is 24.6 Å². The monoisotopic (exact) mass is 336 g/mol. The minimum Gasteiger partial charge on any atom is -0.396 e. The first-order chi connectivity index (χ1) is 9.71. The summed E-state index contributed by atoms with van der Waals surface area (Å²) in [7, 11) is -4.04. The first kappa shape index (κ1) is 17.8. The van der Waals surface area contributed by atoms with Crippen LogP contribution in [0.1, 0.15) is 20.3 Å². The van der Waals surface area contributed by atoms with Crippen LogP contribution >= 0.6 is 11.6 Å². The van der Waals surface area contributed by atoms with Crippen LogP contribution in [-0.2, 0) is 10.0 Å². The summed E-state index contributed by atoms with van der Waals surface area (Å²) in [6.07, 6.45) is 0.249. The number of hydrogen-bond acceptors (Lipinski definition) is 5. The molecule has 1 aromatic rings. The van der Waals surface area contributed by atoms with Gasteiger partial charge < -0.3 is 5.11 Å². The average Bonchev–Trinajstić information content (AvgIpc) is 2.37. The summed E-state index contributed by atoms with van der Waals surface area (Å²) in [5, 5.41) is 20.0. The molecule has 0 heterocycles. The van der Waals surface area contributed by atoms with Gasteiger partial charge in [0.05, 0.1) is 4.92 Å². The molecule has 9 heteroatoms. The van der Waals surface area contributed by atoms with E-state index in [1.54, 1.807) is 13.8 Å². The van der Waals surface area contributed by atoms with Gasteiger partial charge in [0.25, 0.3) is 5.69 Å². The summed E-state index contributed by atoms with van der Waals surface area (Å²) >= 11 is 5.69. The number of benzene rings is 1. The van der Waals surface area contributed by atoms with Crippen LogP contribution in [0.25, 0.3) is 0 Å². The Morgan fingerprint density at radius 2 is 2.05 bits per heavy atom. The second kappa shape index (κ2) is 7.17. The third-order valence-electron chi connectivity index (χ3n) is 2.82. The van der Waals surface area contributed by atoms with Crippen molar-refractivity contribution < 1.29 is 18.4 Å². The van der Waals surface area contributed by atoms with Crippen molar-refractivity contribution in [2.75, 3.05) is 13.2 Å². The molecule has 0 spiro atoms. The van der Waals surface area contributed by atoms with Crippen LogP contribution in [0.3, 0.4) is 0 Å². The summed E-state index contributed by atoms with van der Waals surface area (Å²) in [5.74, 6) is 0. The highest BCUT2D eigenvalue weighted by molar-refractivity contribution is 7.89. The molecule has 0 aromatic heterocycles. The van der Waals surface area contributed by atoms with Gasteiger partial charge in [0.2, 0.25) is 10.0 Å². The summed E-state index contributed by atoms with van der Waals surface area (Å²) in [6, 6.07) is 3.05. The van der Waals surface area contributed by atoms with Gasteiger partial charge in [0.15, 0.2) is 4.90 Å². The second-order valence-electron chi connectivity index (χ2n) is 4.66. The Hall–Kier alpha value is -1.22. The predicted molar refractivity (Wildman–Crippen MR) is 78.8 cm³/mol. The van der Waals surface area contributed by atoms with Gasteiger partial charge in [-0.15, -0.1) is 0 Å². The van der Waals surface area contributed by atoms with E-state index in [1.807, 2.05) is 0 Å². The van der Waals surface area contributed by atoms with Crippen LogP contribution < -0.4 is 0 Å². The molecule has 0 radical (unpaired) electrons. The van der Waals surface area contributed by atoms with Crippen molar-refractivity contribution in [3.8, 4) is 0 Å². The smallest absolute Gasteiger partial charge is 0.290 e. The highest BCUT2D eigenvalue weighted by atomic mass is 35.5. The van der Waals surface area contributed by atoms with Crippen molar-refractivity contribution >= 4 is 27.3 Å². The fraction of sp³-hybridized carbons (Fsp3) is 0.500. The molecule has 0 aliphatic heterocycles. The molecule has 0 bridgehead atoms. The molecule has 1 rings (SSSR count). The molecule has 1 aromatic carbocycles. The topological polar surface area (TPSA) is 101 Å². The molecule has 1 N–H and O–H groups in total. The van der Waals surface area contributed by atoms with Crippen molar-refractivity contribution in [3.05, 3.63) is 33.3 Å². The lowest BCUT2D eigenvalue weighted by Gasteiger charge is -2.25. The number of rotatable bonds is 7. The maximum absolute atomic E-state index is 12.6. The quantitative estimate of drug-likeness (QED) is 0.606. The minimum absolute atomic E-state index is 0.0796. The Balaban J connectivity index is 3.37. The molecule has 0 aliphatic carbocycles. The van der Waals surface area contributed by atoms with Crippen LogP contribution in [0.15, 0.2) is 23.1 Å². The van der Waals surface area contributed by atoms with Crippen molar-refractivity contribution in [2.24, 2.45) is 0 Å². The molecular formula is C12H17ClN2O5S. The van der Waals surface area contributed by atoms with E-state index in [9.17, 15) is 18.5 Å². The van der Waals surface area contributed by atoms with Crippen molar-refractivity contribution in [1.29, 1.82) is 0 Å². The van der Waals surface area contributed by atoms with E-state index < -0.39 is 31.6 Å². The Kier molecular flexibility index (Phi) is 6.09. The number of sulfonamides is 1. The first-order valence-corrected chi connectivity index (χ1v) is 8.10. The Labute approximate surface area is 128 Å². The molecule has 7 nitrogen and oxygen atoms in total. The fourth-order valence-corrected chi connectivity index (χ4v) is 3.84. The molecular weight excluding hydrogens is 320 g/mol. The van der Waals surface area contributed by atoms with E-state index in [4.69, 9.17) is 16.7 Å². The molecule has 0 amide bonds. The lowest BCUT2D eigenvalue weighted by Crippen LogP contribution is -2.38. The van der Waals surface area contributed by atoms with Gasteiger partial charge >= 0.3 is 0 Å². The third-order valence-corrected chi connectivity index (χ3v) is 5.17. The van der Waals surface area contributed by atoms with E-state index in [0.29, 0.717) is 0 Å². The normalized spacial score (nSPS) is 12.1. The van der Waals surface area contributed by atoms with Gasteiger partial charge in [0.1, 0.15) is 0 Å². The molecule has 0 saturated heterocycles. The van der Waals surface area contributed by atoms with E-state index >= 15 is 0 Å². The van der Waals surface area contributed by atoms with Crippen molar-refractivity contribution in [3.63, 3.8) is 0 Å². The molecule has 0 unspecified atom stereocenters. The summed E-state index contributed by atoms with van der Waals surface area (Å²) in [4.78, 5) is 9.88. The van der Waals surface area contributed by atoms with Crippen molar-refractivity contribution in [1.82, 2.24) is 4.31 Å². The number of nitrogens with zero attached hydrogens (tertiary/aromatic N) is 2. The average molecular weight is 337 g/mol. The highest BCUT2D eigenvalue weighted by Crippen LogP contribution is 2.30. The van der Waals surface area contributed by atoms with Gasteiger partial charge in [-0.3, -0.25) is 10.1 Å². The summed E-state index contributed by atoms with van der Waals surface area (Å²) in [5.41, 5.74) is -0.558. The molecule has 0 fully saturated rings. The number of nitro groups is 1. The Morgan fingerprint density at radius 3 is 2.52 bits per heavy atom. The van der Waals surface area contributed by atoms with Gasteiger partial charge in [-0.2, -0.15) is 4.31 Å². The number of aliphatic hydroxyl groups is 1. The first-order valence-electron chi connectivity index (χ1n) is 6.28. The standard InChI is InChI=1S/C12H17ClN2O5S/c1-9(2)14(6-3-7-16)21(19,20)12-5-4-10(13)8-11(12)15(17)18/h4-5,8-9,16H,3,6-7H2,1-2H3. The second-order valence-corrected chi connectivity index (χ2v) is 6.95. The number of aliphatic hydroxyl groups excluding tert-OH is 1. The number of halogens is 1. The zero-order valence-electron chi connectivity index (χ0n) is 11.7. The van der Waals surface area contributed by atoms with Crippen LogP contribution in [0.5, 0.6) is 0 Å². The van der Waals surface area contributed by atoms with Crippen molar-refractivity contribution in [2.45, 2.75) is 31.2 Å². The Bertz CT molecular complexity index is 618. The zero-order valence-corrected chi connectivity index (χ0v) is 13.3. The van der Waals surface area contributed by atoms with Crippen LogP contribution in [0.2, 0.25) is 5.02 Å². The number of nitro benzene ring substituents is 1. The van der Waals surface area contributed by atoms with E-state index in [2.05, 4.69) is 0 Å². The highest BCUT2D eigenvalue weighted by Gasteiger charge is 2.33. The molecule has 0 saturated carbocycles. The maximum Gasteiger partial charge on any atom is 0.290 e. The third kappa shape index (κ3) is 4.13. The summed E-state index contributed by atoms with van der Waals surface area (Å²) in [6.45, 7) is 3.24. The summed E-state index contributed by atoms with van der Waals surface area (Å²) < 4.78 is 26.4. The molecule has 21 heavy (non-hydrogen) atoms. The van der Waals surface area contributed by atoms with Gasteiger partial charge in [-0.25, -0.2) is 8.42 Å². The maximum atomic E-state index is 12.6. The lowest BCUT2D eigenvalue weighted by atomic mass is 10.3. The molecule has 118 valence electrons. The lowest BCUT2D eigenvalue weighted by molar-refractivity contribution is -0.387. The Morgan fingerprint density at radius 1 is 1.43 bits per heavy atom. The van der Waals surface area contributed by atoms with Crippen LogP contribution in [0.4, 0.5) is 5.69 Å². The number of hydrogen-bond donors (Lipinski definition) is 1. The minimum atomic E-state index is -4.04. The van der Waals surface area contributed by atoms with E-state index in [1.165, 1.54) is 6.07 Å².